The van der Waals surface area contributed by atoms with Crippen molar-refractivity contribution in [2.24, 2.45) is 11.5 Å². The van der Waals surface area contributed by atoms with Crippen LogP contribution in [0.1, 0.15) is 11.1 Å². The number of benzene rings is 2. The van der Waals surface area contributed by atoms with E-state index in [0.29, 0.717) is 26.3 Å². The zero-order valence-electron chi connectivity index (χ0n) is 13.3. The number of hydrogen-bond donors (Lipinski definition) is 2. The van der Waals surface area contributed by atoms with E-state index < -0.39 is 0 Å². The standard InChI is InChI=1S/C18H24N2O2/c1-13-3-5-15(6-4-13)16-12-17(21-9-7-19)14(2)11-18(16)22-10-8-20/h3-6,11-12H,7-10,19-20H2,1-2H3. The van der Waals surface area contributed by atoms with Crippen LogP contribution in [0.25, 0.3) is 11.1 Å². The molecule has 0 aromatic heterocycles. The molecule has 2 aromatic rings. The van der Waals surface area contributed by atoms with Crippen LogP contribution in [0.3, 0.4) is 0 Å². The molecule has 0 aliphatic rings. The lowest BCUT2D eigenvalue weighted by Gasteiger charge is -2.16. The van der Waals surface area contributed by atoms with Gasteiger partial charge in [-0.15, -0.1) is 0 Å². The third-order valence-electron chi connectivity index (χ3n) is 3.39. The first-order valence-corrected chi connectivity index (χ1v) is 7.53. The van der Waals surface area contributed by atoms with E-state index >= 15 is 0 Å². The molecule has 0 heterocycles. The molecule has 22 heavy (non-hydrogen) atoms. The van der Waals surface area contributed by atoms with Crippen molar-refractivity contribution in [2.75, 3.05) is 26.3 Å². The summed E-state index contributed by atoms with van der Waals surface area (Å²) in [7, 11) is 0. The molecule has 118 valence electrons. The van der Waals surface area contributed by atoms with Crippen LogP contribution in [-0.2, 0) is 0 Å². The highest BCUT2D eigenvalue weighted by atomic mass is 16.5. The summed E-state index contributed by atoms with van der Waals surface area (Å²) in [5.74, 6) is 1.66. The number of hydrogen-bond acceptors (Lipinski definition) is 4. The molecule has 0 fully saturated rings. The molecule has 2 aromatic carbocycles. The lowest BCUT2D eigenvalue weighted by atomic mass is 10.0. The highest BCUT2D eigenvalue weighted by Crippen LogP contribution is 2.36. The summed E-state index contributed by atoms with van der Waals surface area (Å²) in [5, 5.41) is 0. The second-order valence-electron chi connectivity index (χ2n) is 5.25. The van der Waals surface area contributed by atoms with Gasteiger partial charge in [-0.25, -0.2) is 0 Å². The van der Waals surface area contributed by atoms with Gasteiger partial charge in [-0.05, 0) is 37.1 Å². The van der Waals surface area contributed by atoms with Crippen LogP contribution in [0.5, 0.6) is 11.5 Å². The molecule has 0 aliphatic carbocycles. The van der Waals surface area contributed by atoms with E-state index in [1.807, 2.05) is 19.1 Å². The largest absolute Gasteiger partial charge is 0.492 e. The highest BCUT2D eigenvalue weighted by Gasteiger charge is 2.11. The Hall–Kier alpha value is -2.04. The summed E-state index contributed by atoms with van der Waals surface area (Å²) in [6.07, 6.45) is 0. The maximum absolute atomic E-state index is 5.81. The maximum atomic E-state index is 5.81. The van der Waals surface area contributed by atoms with Gasteiger partial charge in [-0.2, -0.15) is 0 Å². The average molecular weight is 300 g/mol. The lowest BCUT2D eigenvalue weighted by molar-refractivity contribution is 0.318. The first-order valence-electron chi connectivity index (χ1n) is 7.53. The zero-order valence-corrected chi connectivity index (χ0v) is 13.3. The second-order valence-corrected chi connectivity index (χ2v) is 5.25. The highest BCUT2D eigenvalue weighted by molar-refractivity contribution is 5.73. The quantitative estimate of drug-likeness (QED) is 0.824. The van der Waals surface area contributed by atoms with Crippen LogP contribution in [0.2, 0.25) is 0 Å². The lowest BCUT2D eigenvalue weighted by Crippen LogP contribution is -2.12. The van der Waals surface area contributed by atoms with E-state index in [0.717, 1.165) is 28.2 Å². The molecule has 0 amide bonds. The fourth-order valence-electron chi connectivity index (χ4n) is 2.23. The third-order valence-corrected chi connectivity index (χ3v) is 3.39. The Morgan fingerprint density at radius 1 is 0.818 bits per heavy atom. The van der Waals surface area contributed by atoms with Crippen molar-refractivity contribution in [1.82, 2.24) is 0 Å². The summed E-state index contributed by atoms with van der Waals surface area (Å²) in [5.41, 5.74) is 15.4. The summed E-state index contributed by atoms with van der Waals surface area (Å²) >= 11 is 0. The van der Waals surface area contributed by atoms with Crippen LogP contribution >= 0.6 is 0 Å². The zero-order chi connectivity index (χ0) is 15.9. The van der Waals surface area contributed by atoms with Gasteiger partial charge in [0.1, 0.15) is 24.7 Å². The van der Waals surface area contributed by atoms with Crippen LogP contribution in [-0.4, -0.2) is 26.3 Å². The van der Waals surface area contributed by atoms with Crippen LogP contribution in [0.15, 0.2) is 36.4 Å². The van der Waals surface area contributed by atoms with Gasteiger partial charge in [-0.1, -0.05) is 29.8 Å². The third kappa shape index (κ3) is 4.00. The molecule has 4 nitrogen and oxygen atoms in total. The normalized spacial score (nSPS) is 10.5. The van der Waals surface area contributed by atoms with E-state index in [9.17, 15) is 0 Å². The number of rotatable bonds is 7. The van der Waals surface area contributed by atoms with Gasteiger partial charge in [0.15, 0.2) is 0 Å². The molecule has 0 saturated carbocycles. The van der Waals surface area contributed by atoms with Crippen molar-refractivity contribution >= 4 is 0 Å². The molecule has 4 N–H and O–H groups in total. The van der Waals surface area contributed by atoms with Gasteiger partial charge in [0, 0.05) is 18.7 Å². The minimum atomic E-state index is 0.484. The van der Waals surface area contributed by atoms with Gasteiger partial charge in [0.25, 0.3) is 0 Å². The van der Waals surface area contributed by atoms with Gasteiger partial charge in [0.2, 0.25) is 0 Å². The van der Waals surface area contributed by atoms with E-state index in [4.69, 9.17) is 20.9 Å². The molecular formula is C18H24N2O2. The Bertz CT molecular complexity index is 609. The summed E-state index contributed by atoms with van der Waals surface area (Å²) in [4.78, 5) is 0. The van der Waals surface area contributed by atoms with Gasteiger partial charge < -0.3 is 20.9 Å². The van der Waals surface area contributed by atoms with Gasteiger partial charge in [-0.3, -0.25) is 0 Å². The Morgan fingerprint density at radius 3 is 2.00 bits per heavy atom. The van der Waals surface area contributed by atoms with Crippen molar-refractivity contribution in [1.29, 1.82) is 0 Å². The first kappa shape index (κ1) is 16.3. The predicted molar refractivity (Wildman–Crippen MR) is 90.5 cm³/mol. The summed E-state index contributed by atoms with van der Waals surface area (Å²) in [6.45, 7) is 6.03. The van der Waals surface area contributed by atoms with Crippen LogP contribution in [0, 0.1) is 13.8 Å². The molecule has 0 aliphatic heterocycles. The van der Waals surface area contributed by atoms with Crippen molar-refractivity contribution in [3.63, 3.8) is 0 Å². The SMILES string of the molecule is Cc1ccc(-c2cc(OCCN)c(C)cc2OCCN)cc1. The predicted octanol–water partition coefficient (Wildman–Crippen LogP) is 2.65. The van der Waals surface area contributed by atoms with Gasteiger partial charge >= 0.3 is 0 Å². The number of nitrogens with two attached hydrogens (primary N) is 2. The van der Waals surface area contributed by atoms with Crippen LogP contribution in [0.4, 0.5) is 0 Å². The fourth-order valence-corrected chi connectivity index (χ4v) is 2.23. The van der Waals surface area contributed by atoms with Crippen molar-refractivity contribution in [3.8, 4) is 22.6 Å². The molecule has 4 heteroatoms. The molecule has 0 radical (unpaired) electrons. The van der Waals surface area contributed by atoms with E-state index in [1.54, 1.807) is 0 Å². The number of ether oxygens (including phenoxy) is 2. The molecule has 0 unspecified atom stereocenters. The Balaban J connectivity index is 2.43. The summed E-state index contributed by atoms with van der Waals surface area (Å²) in [6, 6.07) is 12.4. The molecule has 0 atom stereocenters. The Morgan fingerprint density at radius 2 is 1.41 bits per heavy atom. The van der Waals surface area contributed by atoms with Crippen molar-refractivity contribution in [2.45, 2.75) is 13.8 Å². The Kier molecular flexibility index (Phi) is 5.81. The van der Waals surface area contributed by atoms with Gasteiger partial charge in [0.05, 0.1) is 0 Å². The van der Waals surface area contributed by atoms with Crippen molar-refractivity contribution < 1.29 is 9.47 Å². The minimum absolute atomic E-state index is 0.484. The number of aryl methyl sites for hydroxylation is 2. The molecule has 2 rings (SSSR count). The van der Waals surface area contributed by atoms with Crippen molar-refractivity contribution in [3.05, 3.63) is 47.5 Å². The molecule has 0 bridgehead atoms. The topological polar surface area (TPSA) is 70.5 Å². The van der Waals surface area contributed by atoms with Crippen LogP contribution < -0.4 is 20.9 Å². The Labute approximate surface area is 132 Å². The average Bonchev–Trinajstić information content (AvgIpc) is 2.53. The smallest absolute Gasteiger partial charge is 0.127 e. The molecular weight excluding hydrogens is 276 g/mol. The maximum Gasteiger partial charge on any atom is 0.127 e. The second kappa shape index (κ2) is 7.82. The monoisotopic (exact) mass is 300 g/mol. The summed E-state index contributed by atoms with van der Waals surface area (Å²) < 4.78 is 11.5. The first-order chi connectivity index (χ1) is 10.7. The minimum Gasteiger partial charge on any atom is -0.492 e. The van der Waals surface area contributed by atoms with E-state index in [-0.39, 0.29) is 0 Å². The molecule has 0 spiro atoms. The van der Waals surface area contributed by atoms with E-state index in [2.05, 4.69) is 31.2 Å². The van der Waals surface area contributed by atoms with E-state index in [1.165, 1.54) is 5.56 Å². The fraction of sp³-hybridized carbons (Fsp3) is 0.333. The molecule has 0 saturated heterocycles.